The van der Waals surface area contributed by atoms with Crippen molar-refractivity contribution in [2.75, 3.05) is 0 Å². The van der Waals surface area contributed by atoms with Crippen LogP contribution in [0, 0.1) is 0 Å². The number of hydrogen-bond donors (Lipinski definition) is 5. The van der Waals surface area contributed by atoms with E-state index in [-0.39, 0.29) is 0 Å². The number of H-pyrrole nitrogens is 2. The van der Waals surface area contributed by atoms with E-state index in [1.165, 1.54) is 0 Å². The van der Waals surface area contributed by atoms with E-state index in [2.05, 4.69) is 4.99 Å². The van der Waals surface area contributed by atoms with Crippen molar-refractivity contribution in [2.24, 2.45) is 4.99 Å². The van der Waals surface area contributed by atoms with Gasteiger partial charge in [0.05, 0.1) is 0 Å². The van der Waals surface area contributed by atoms with Crippen LogP contribution in [0.5, 0.6) is 5.88 Å². The van der Waals surface area contributed by atoms with Crippen molar-refractivity contribution in [3.63, 3.8) is 0 Å². The van der Waals surface area contributed by atoms with E-state index in [1.54, 1.807) is 15.6 Å². The quantitative estimate of drug-likeness (QED) is 0.367. The molecule has 2 rings (SSSR count). The van der Waals surface area contributed by atoms with E-state index in [9.17, 15) is 29.1 Å². The van der Waals surface area contributed by atoms with Gasteiger partial charge in [-0.3, -0.25) is 35.0 Å². The van der Waals surface area contributed by atoms with Crippen LogP contribution in [0.3, 0.4) is 0 Å². The molecule has 2 heterocycles. The van der Waals surface area contributed by atoms with Gasteiger partial charge in [-0.25, -0.2) is 14.6 Å². The molecule has 0 saturated carbocycles. The Morgan fingerprint density at radius 1 is 0.895 bits per heavy atom. The summed E-state index contributed by atoms with van der Waals surface area (Å²) in [7, 11) is 0. The number of aromatic nitrogens is 2. The number of imide groups is 2. The zero-order valence-electron chi connectivity index (χ0n) is 8.94. The van der Waals surface area contributed by atoms with Crippen molar-refractivity contribution in [1.29, 1.82) is 0 Å². The van der Waals surface area contributed by atoms with Crippen LogP contribution in [0.1, 0.15) is 0 Å². The number of barbiturate groups is 1. The zero-order valence-corrected chi connectivity index (χ0v) is 8.94. The fourth-order valence-corrected chi connectivity index (χ4v) is 1.24. The Labute approximate surface area is 102 Å². The molecular formula is C8H5N5O6. The molecule has 0 aliphatic carbocycles. The van der Waals surface area contributed by atoms with Crippen molar-refractivity contribution in [2.45, 2.75) is 0 Å². The lowest BCUT2D eigenvalue weighted by atomic mass is 10.3. The lowest BCUT2D eigenvalue weighted by Crippen LogP contribution is -2.56. The first-order valence-corrected chi connectivity index (χ1v) is 4.69. The molecule has 11 heteroatoms. The van der Waals surface area contributed by atoms with Crippen LogP contribution in [0.4, 0.5) is 10.5 Å². The highest BCUT2D eigenvalue weighted by molar-refractivity contribution is 6.69. The lowest BCUT2D eigenvalue weighted by Gasteiger charge is -2.12. The Bertz CT molecular complexity index is 719. The second-order valence-electron chi connectivity index (χ2n) is 3.30. The fraction of sp³-hybridized carbons (Fsp3) is 0. The second-order valence-corrected chi connectivity index (χ2v) is 3.30. The van der Waals surface area contributed by atoms with Crippen LogP contribution in [-0.2, 0) is 9.59 Å². The third-order valence-electron chi connectivity index (χ3n) is 2.01. The molecule has 19 heavy (non-hydrogen) atoms. The van der Waals surface area contributed by atoms with Gasteiger partial charge in [-0.2, -0.15) is 0 Å². The van der Waals surface area contributed by atoms with Gasteiger partial charge >= 0.3 is 11.7 Å². The van der Waals surface area contributed by atoms with Crippen LogP contribution in [-0.4, -0.2) is 38.6 Å². The first-order valence-electron chi connectivity index (χ1n) is 4.69. The normalized spacial score (nSPS) is 14.9. The Balaban J connectivity index is 2.56. The summed E-state index contributed by atoms with van der Waals surface area (Å²) >= 11 is 0. The number of aromatic amines is 2. The molecule has 1 aliphatic rings. The number of amides is 4. The predicted octanol–water partition coefficient (Wildman–Crippen LogP) is -2.79. The third kappa shape index (κ3) is 2.24. The Kier molecular flexibility index (Phi) is 2.71. The summed E-state index contributed by atoms with van der Waals surface area (Å²) in [5.41, 5.74) is -3.65. The number of hydrogen-bond acceptors (Lipinski definition) is 7. The van der Waals surface area contributed by atoms with Gasteiger partial charge in [0.1, 0.15) is 0 Å². The van der Waals surface area contributed by atoms with Gasteiger partial charge in [0, 0.05) is 0 Å². The minimum atomic E-state index is -1.14. The van der Waals surface area contributed by atoms with Crippen LogP contribution < -0.4 is 21.9 Å². The molecule has 0 unspecified atom stereocenters. The fourth-order valence-electron chi connectivity index (χ4n) is 1.24. The van der Waals surface area contributed by atoms with Gasteiger partial charge in [0.25, 0.3) is 17.4 Å². The van der Waals surface area contributed by atoms with Crippen molar-refractivity contribution in [1.82, 2.24) is 20.6 Å². The second kappa shape index (κ2) is 4.21. The largest absolute Gasteiger partial charge is 0.493 e. The van der Waals surface area contributed by atoms with E-state index in [0.717, 1.165) is 0 Å². The van der Waals surface area contributed by atoms with E-state index in [4.69, 9.17) is 0 Å². The number of nitrogens with zero attached hydrogens (tertiary/aromatic N) is 1. The van der Waals surface area contributed by atoms with Gasteiger partial charge in [-0.05, 0) is 0 Å². The average Bonchev–Trinajstić information content (AvgIpc) is 2.25. The molecular weight excluding hydrogens is 262 g/mol. The first kappa shape index (κ1) is 12.2. The van der Waals surface area contributed by atoms with Gasteiger partial charge in [-0.15, -0.1) is 0 Å². The van der Waals surface area contributed by atoms with Crippen molar-refractivity contribution >= 4 is 29.2 Å². The molecule has 11 nitrogen and oxygen atoms in total. The molecule has 0 aromatic carbocycles. The van der Waals surface area contributed by atoms with Crippen molar-refractivity contribution < 1.29 is 19.5 Å². The summed E-state index contributed by atoms with van der Waals surface area (Å²) in [6.45, 7) is 0. The SMILES string of the molecule is O=C1NC(=O)C(=Nc2c(O)[nH]c(=O)[nH]c2=O)C(=O)N1. The van der Waals surface area contributed by atoms with E-state index < -0.39 is 46.4 Å². The van der Waals surface area contributed by atoms with E-state index in [1.807, 2.05) is 4.98 Å². The molecule has 0 bridgehead atoms. The molecule has 0 radical (unpaired) electrons. The number of aromatic hydroxyl groups is 1. The molecule has 1 saturated heterocycles. The van der Waals surface area contributed by atoms with Gasteiger partial charge in [0.15, 0.2) is 11.4 Å². The van der Waals surface area contributed by atoms with E-state index >= 15 is 0 Å². The number of rotatable bonds is 1. The molecule has 98 valence electrons. The van der Waals surface area contributed by atoms with Gasteiger partial charge < -0.3 is 5.11 Å². The summed E-state index contributed by atoms with van der Waals surface area (Å²) < 4.78 is 0. The number of carbonyl (C=O) groups excluding carboxylic acids is 3. The summed E-state index contributed by atoms with van der Waals surface area (Å²) in [6, 6.07) is -1.03. The molecule has 0 spiro atoms. The lowest BCUT2D eigenvalue weighted by molar-refractivity contribution is -0.119. The Hall–Kier alpha value is -3.24. The predicted molar refractivity (Wildman–Crippen MR) is 58.1 cm³/mol. The zero-order chi connectivity index (χ0) is 14.2. The maximum Gasteiger partial charge on any atom is 0.328 e. The Morgan fingerprint density at radius 3 is 2.00 bits per heavy atom. The average molecular weight is 267 g/mol. The Morgan fingerprint density at radius 2 is 1.47 bits per heavy atom. The first-order chi connectivity index (χ1) is 8.88. The number of nitrogens with one attached hydrogen (secondary N) is 4. The van der Waals surface area contributed by atoms with Gasteiger partial charge in [-0.1, -0.05) is 0 Å². The topological polar surface area (TPSA) is 174 Å². The van der Waals surface area contributed by atoms with Crippen LogP contribution in [0.25, 0.3) is 0 Å². The highest BCUT2D eigenvalue weighted by Gasteiger charge is 2.30. The molecule has 1 aromatic rings. The smallest absolute Gasteiger partial charge is 0.328 e. The third-order valence-corrected chi connectivity index (χ3v) is 2.01. The highest BCUT2D eigenvalue weighted by atomic mass is 16.3. The van der Waals surface area contributed by atoms with Crippen LogP contribution >= 0.6 is 0 Å². The van der Waals surface area contributed by atoms with Crippen molar-refractivity contribution in [3.05, 3.63) is 20.8 Å². The minimum Gasteiger partial charge on any atom is -0.493 e. The summed E-state index contributed by atoms with van der Waals surface area (Å²) in [4.78, 5) is 62.4. The molecule has 1 aliphatic heterocycles. The number of aliphatic imine (C=N–C) groups is 1. The number of carbonyl (C=O) groups is 3. The standard InChI is InChI=1S/C8H5N5O6/c14-3-1(4(15)11-7(18)10-3)9-2-5(16)12-8(19)13-6(2)17/h(H2,10,11,14,15,18)(H3,12,13,16,17,19). The highest BCUT2D eigenvalue weighted by Crippen LogP contribution is 2.16. The molecule has 1 aromatic heterocycles. The van der Waals surface area contributed by atoms with Crippen molar-refractivity contribution in [3.8, 4) is 5.88 Å². The monoisotopic (exact) mass is 267 g/mol. The summed E-state index contributed by atoms with van der Waals surface area (Å²) in [5, 5.41) is 12.8. The number of urea groups is 1. The van der Waals surface area contributed by atoms with Crippen LogP contribution in [0.15, 0.2) is 14.6 Å². The maximum absolute atomic E-state index is 11.3. The minimum absolute atomic E-state index is 0.741. The summed E-state index contributed by atoms with van der Waals surface area (Å²) in [5.74, 6) is -3.20. The van der Waals surface area contributed by atoms with E-state index in [0.29, 0.717) is 0 Å². The molecule has 4 amide bonds. The molecule has 5 N–H and O–H groups in total. The van der Waals surface area contributed by atoms with Gasteiger partial charge in [0.2, 0.25) is 5.88 Å². The van der Waals surface area contributed by atoms with Crippen LogP contribution in [0.2, 0.25) is 0 Å². The maximum atomic E-state index is 11.3. The molecule has 1 fully saturated rings. The molecule has 0 atom stereocenters. The summed E-state index contributed by atoms with van der Waals surface area (Å²) in [6.07, 6.45) is 0.